The van der Waals surface area contributed by atoms with Crippen LogP contribution in [0.2, 0.25) is 0 Å². The predicted molar refractivity (Wildman–Crippen MR) is 97.6 cm³/mol. The van der Waals surface area contributed by atoms with Crippen LogP contribution in [0.5, 0.6) is 0 Å². The number of hydrogen-bond acceptors (Lipinski definition) is 1. The van der Waals surface area contributed by atoms with Gasteiger partial charge in [0, 0.05) is 12.8 Å². The van der Waals surface area contributed by atoms with Crippen molar-refractivity contribution in [2.24, 2.45) is 0 Å². The number of aliphatic hydroxyl groups is 1. The van der Waals surface area contributed by atoms with Crippen LogP contribution >= 0.6 is 0 Å². The van der Waals surface area contributed by atoms with E-state index < -0.39 is 0 Å². The fourth-order valence-electron chi connectivity index (χ4n) is 1.46. The number of terminal acetylenes is 1. The highest BCUT2D eigenvalue weighted by Gasteiger charge is 1.82. The van der Waals surface area contributed by atoms with Crippen LogP contribution in [0.25, 0.3) is 0 Å². The molecule has 0 saturated carbocycles. The van der Waals surface area contributed by atoms with Crippen molar-refractivity contribution < 1.29 is 5.11 Å². The molecule has 0 radical (unpaired) electrons. The van der Waals surface area contributed by atoms with Crippen LogP contribution in [0.4, 0.5) is 0 Å². The molecular weight excluding hydrogens is 280 g/mol. The lowest BCUT2D eigenvalue weighted by Crippen LogP contribution is -1.72. The van der Waals surface area contributed by atoms with Crippen LogP contribution in [0.15, 0.2) is 24.3 Å². The number of hydrogen-bond donors (Lipinski definition) is 1. The van der Waals surface area contributed by atoms with Gasteiger partial charge in [-0.1, -0.05) is 41.8 Å². The minimum Gasteiger partial charge on any atom is -0.384 e. The summed E-state index contributed by atoms with van der Waals surface area (Å²) in [4.78, 5) is 0. The molecule has 0 spiro atoms. The summed E-state index contributed by atoms with van der Waals surface area (Å²) in [5, 5.41) is 8.45. The van der Waals surface area contributed by atoms with Gasteiger partial charge >= 0.3 is 0 Å². The molecule has 0 aromatic carbocycles. The molecule has 0 aliphatic rings. The molecule has 0 heterocycles. The first-order chi connectivity index (χ1) is 11.4. The van der Waals surface area contributed by atoms with Crippen LogP contribution in [-0.2, 0) is 0 Å². The summed E-state index contributed by atoms with van der Waals surface area (Å²) >= 11 is 0. The van der Waals surface area contributed by atoms with E-state index in [0.29, 0.717) is 0 Å². The third-order valence-corrected chi connectivity index (χ3v) is 2.56. The molecule has 1 heteroatoms. The van der Waals surface area contributed by atoms with Crippen molar-refractivity contribution in [3.8, 4) is 59.7 Å². The molecule has 0 bridgehead atoms. The van der Waals surface area contributed by atoms with Crippen molar-refractivity contribution in [1.82, 2.24) is 0 Å². The standard InChI is InChI=1S/C22H22O/c1-2-3-4-5-6-7-8-9-10-11-12-13-14-15-16-17-18-19-20-21-22-23/h1,3-4,18-19,23H,5-8,15-17,22H2/b4-3-,19-18-. The highest BCUT2D eigenvalue weighted by atomic mass is 16.2. The molecule has 0 aromatic rings. The molecule has 0 atom stereocenters. The van der Waals surface area contributed by atoms with Crippen LogP contribution in [0.3, 0.4) is 0 Å². The maximum absolute atomic E-state index is 8.45. The molecule has 0 unspecified atom stereocenters. The quantitative estimate of drug-likeness (QED) is 0.564. The summed E-state index contributed by atoms with van der Waals surface area (Å²) in [5.41, 5.74) is 0. The summed E-state index contributed by atoms with van der Waals surface area (Å²) < 4.78 is 0. The Labute approximate surface area is 141 Å². The average Bonchev–Trinajstić information content (AvgIpc) is 2.57. The van der Waals surface area contributed by atoms with Crippen molar-refractivity contribution in [2.45, 2.75) is 44.9 Å². The highest BCUT2D eigenvalue weighted by molar-refractivity contribution is 5.35. The molecule has 0 aliphatic heterocycles. The predicted octanol–water partition coefficient (Wildman–Crippen LogP) is 3.47. The van der Waals surface area contributed by atoms with Crippen molar-refractivity contribution in [1.29, 1.82) is 0 Å². The van der Waals surface area contributed by atoms with E-state index in [1.165, 1.54) is 0 Å². The molecule has 1 nitrogen and oxygen atoms in total. The van der Waals surface area contributed by atoms with Gasteiger partial charge in [-0.25, -0.2) is 0 Å². The molecule has 1 N–H and O–H groups in total. The van der Waals surface area contributed by atoms with Crippen molar-refractivity contribution in [3.63, 3.8) is 0 Å². The van der Waals surface area contributed by atoms with Gasteiger partial charge in [-0.15, -0.1) is 6.42 Å². The van der Waals surface area contributed by atoms with E-state index in [1.807, 2.05) is 12.2 Å². The lowest BCUT2D eigenvalue weighted by Gasteiger charge is -1.89. The van der Waals surface area contributed by atoms with Crippen LogP contribution < -0.4 is 0 Å². The Morgan fingerprint density at radius 1 is 0.739 bits per heavy atom. The summed E-state index contributed by atoms with van der Waals surface area (Å²) in [5.74, 6) is 24.8. The first kappa shape index (κ1) is 20.2. The van der Waals surface area contributed by atoms with E-state index in [1.54, 1.807) is 12.2 Å². The van der Waals surface area contributed by atoms with Crippen molar-refractivity contribution in [2.75, 3.05) is 6.61 Å². The zero-order chi connectivity index (χ0) is 16.8. The molecule has 0 aliphatic carbocycles. The second-order valence-corrected chi connectivity index (χ2v) is 4.44. The highest BCUT2D eigenvalue weighted by Crippen LogP contribution is 1.99. The fourth-order valence-corrected chi connectivity index (χ4v) is 1.46. The summed E-state index contributed by atoms with van der Waals surface area (Å²) in [6, 6.07) is 0. The monoisotopic (exact) mass is 302 g/mol. The summed E-state index contributed by atoms with van der Waals surface area (Å²) in [7, 11) is 0. The van der Waals surface area contributed by atoms with Crippen LogP contribution in [0.1, 0.15) is 44.9 Å². The van der Waals surface area contributed by atoms with Crippen LogP contribution in [-0.4, -0.2) is 11.7 Å². The van der Waals surface area contributed by atoms with Crippen molar-refractivity contribution in [3.05, 3.63) is 24.3 Å². The lowest BCUT2D eigenvalue weighted by atomic mass is 10.2. The van der Waals surface area contributed by atoms with Gasteiger partial charge in [0.05, 0.1) is 0 Å². The Hall–Kier alpha value is -2.76. The van der Waals surface area contributed by atoms with E-state index >= 15 is 0 Å². The normalized spacial score (nSPS) is 8.70. The number of allylic oxidation sites excluding steroid dienone is 4. The van der Waals surface area contributed by atoms with Gasteiger partial charge in [0.15, 0.2) is 0 Å². The van der Waals surface area contributed by atoms with Gasteiger partial charge in [-0.3, -0.25) is 0 Å². The number of rotatable bonds is 7. The van der Waals surface area contributed by atoms with Gasteiger partial charge in [-0.05, 0) is 67.9 Å². The third kappa shape index (κ3) is 19.2. The second kappa shape index (κ2) is 19.2. The molecular formula is C22H22O. The van der Waals surface area contributed by atoms with Gasteiger partial charge in [-0.2, -0.15) is 0 Å². The Morgan fingerprint density at radius 2 is 1.39 bits per heavy atom. The van der Waals surface area contributed by atoms with E-state index in [0.717, 1.165) is 44.9 Å². The molecule has 0 saturated heterocycles. The molecule has 116 valence electrons. The molecule has 23 heavy (non-hydrogen) atoms. The minimum absolute atomic E-state index is 0.0960. The van der Waals surface area contributed by atoms with E-state index in [-0.39, 0.29) is 6.61 Å². The summed E-state index contributed by atoms with van der Waals surface area (Å²) in [6.07, 6.45) is 19.3. The maximum atomic E-state index is 8.45. The van der Waals surface area contributed by atoms with Crippen molar-refractivity contribution >= 4 is 0 Å². The number of aliphatic hydroxyl groups excluding tert-OH is 1. The SMILES string of the molecule is C#C/C=C\CCCCC#CC#CC#CCCC/C=C\C#CCO. The van der Waals surface area contributed by atoms with E-state index in [9.17, 15) is 0 Å². The average molecular weight is 302 g/mol. The van der Waals surface area contributed by atoms with Gasteiger partial charge < -0.3 is 5.11 Å². The first-order valence-corrected chi connectivity index (χ1v) is 7.73. The van der Waals surface area contributed by atoms with E-state index in [2.05, 4.69) is 53.3 Å². The zero-order valence-corrected chi connectivity index (χ0v) is 13.5. The second-order valence-electron chi connectivity index (χ2n) is 4.44. The zero-order valence-electron chi connectivity index (χ0n) is 13.5. The Balaban J connectivity index is 3.63. The summed E-state index contributed by atoms with van der Waals surface area (Å²) in [6.45, 7) is -0.0960. The van der Waals surface area contributed by atoms with Gasteiger partial charge in [0.1, 0.15) is 6.61 Å². The molecule has 0 amide bonds. The smallest absolute Gasteiger partial charge is 0.104 e. The number of unbranched alkanes of at least 4 members (excludes halogenated alkanes) is 5. The Morgan fingerprint density at radius 3 is 2.09 bits per heavy atom. The largest absolute Gasteiger partial charge is 0.384 e. The Bertz CT molecular complexity index is 640. The fraction of sp³-hybridized carbons (Fsp3) is 0.364. The molecule has 0 rings (SSSR count). The minimum atomic E-state index is -0.0960. The maximum Gasteiger partial charge on any atom is 0.104 e. The third-order valence-electron chi connectivity index (χ3n) is 2.56. The topological polar surface area (TPSA) is 20.2 Å². The van der Waals surface area contributed by atoms with E-state index in [4.69, 9.17) is 11.5 Å². The van der Waals surface area contributed by atoms with Crippen LogP contribution in [0, 0.1) is 59.7 Å². The Kier molecular flexibility index (Phi) is 16.9. The van der Waals surface area contributed by atoms with Gasteiger partial charge in [0.2, 0.25) is 0 Å². The molecule has 0 aromatic heterocycles. The molecule has 0 fully saturated rings. The van der Waals surface area contributed by atoms with Gasteiger partial charge in [0.25, 0.3) is 0 Å². The first-order valence-electron chi connectivity index (χ1n) is 7.73. The lowest BCUT2D eigenvalue weighted by molar-refractivity contribution is 0.350.